The number of aromatic nitrogens is 4. The van der Waals surface area contributed by atoms with E-state index >= 15 is 0 Å². The number of halogens is 2. The minimum atomic E-state index is 0.125. The normalized spacial score (nSPS) is 10.8. The molecule has 108 valence electrons. The second kappa shape index (κ2) is 5.85. The van der Waals surface area contributed by atoms with E-state index in [1.807, 2.05) is 20.9 Å². The zero-order chi connectivity index (χ0) is 14.9. The quantitative estimate of drug-likeness (QED) is 0.878. The maximum atomic E-state index is 6.21. The van der Waals surface area contributed by atoms with Gasteiger partial charge in [0.05, 0.1) is 0 Å². The first-order chi connectivity index (χ1) is 9.47. The van der Waals surface area contributed by atoms with Crippen molar-refractivity contribution in [2.75, 3.05) is 17.7 Å². The van der Waals surface area contributed by atoms with Crippen LogP contribution < -0.4 is 10.6 Å². The Hall–Kier alpha value is -1.53. The van der Waals surface area contributed by atoms with Gasteiger partial charge >= 0.3 is 0 Å². The molecule has 0 saturated carbocycles. The summed E-state index contributed by atoms with van der Waals surface area (Å²) < 4.78 is 1.76. The van der Waals surface area contributed by atoms with Gasteiger partial charge in [-0.2, -0.15) is 10.1 Å². The van der Waals surface area contributed by atoms with Crippen molar-refractivity contribution in [2.45, 2.75) is 26.8 Å². The molecule has 2 rings (SSSR count). The molecule has 0 unspecified atom stereocenters. The van der Waals surface area contributed by atoms with Crippen LogP contribution in [-0.2, 0) is 13.0 Å². The molecular formula is C12H16Cl2N6. The topological polar surface area (TPSA) is 72.9 Å². The molecule has 0 aliphatic rings. The highest BCUT2D eigenvalue weighted by Gasteiger charge is 2.19. The van der Waals surface area contributed by atoms with Crippen molar-refractivity contribution in [1.29, 1.82) is 0 Å². The Morgan fingerprint density at radius 3 is 2.50 bits per heavy atom. The van der Waals surface area contributed by atoms with E-state index < -0.39 is 0 Å². The molecule has 0 spiro atoms. The number of nitrogens with zero attached hydrogens (tertiary/aromatic N) is 5. The lowest BCUT2D eigenvalue weighted by Gasteiger charge is -2.19. The van der Waals surface area contributed by atoms with Gasteiger partial charge in [-0.05, 0) is 13.3 Å². The van der Waals surface area contributed by atoms with Gasteiger partial charge in [-0.25, -0.2) is 4.98 Å². The number of hydrogen-bond acceptors (Lipinski definition) is 5. The van der Waals surface area contributed by atoms with E-state index in [4.69, 9.17) is 28.9 Å². The van der Waals surface area contributed by atoms with E-state index in [1.165, 1.54) is 0 Å². The van der Waals surface area contributed by atoms with Crippen molar-refractivity contribution < 1.29 is 0 Å². The van der Waals surface area contributed by atoms with Gasteiger partial charge in [0.25, 0.3) is 0 Å². The fourth-order valence-corrected chi connectivity index (χ4v) is 2.50. The number of nitrogen functional groups attached to an aromatic ring is 1. The van der Waals surface area contributed by atoms with Gasteiger partial charge in [0.15, 0.2) is 5.82 Å². The molecule has 2 aromatic heterocycles. The van der Waals surface area contributed by atoms with Gasteiger partial charge in [0.1, 0.15) is 16.0 Å². The van der Waals surface area contributed by atoms with Crippen LogP contribution in [0.1, 0.15) is 19.4 Å². The number of hydrogen-bond donors (Lipinski definition) is 1. The van der Waals surface area contributed by atoms with Crippen molar-refractivity contribution in [3.8, 4) is 0 Å². The Morgan fingerprint density at radius 2 is 1.95 bits per heavy atom. The molecule has 0 aromatic carbocycles. The Bertz CT molecular complexity index is 625. The molecule has 2 heterocycles. The maximum absolute atomic E-state index is 6.21. The van der Waals surface area contributed by atoms with Crippen molar-refractivity contribution >= 4 is 40.8 Å². The summed E-state index contributed by atoms with van der Waals surface area (Å²) in [4.78, 5) is 10.0. The Morgan fingerprint density at radius 1 is 1.25 bits per heavy atom. The van der Waals surface area contributed by atoms with Crippen molar-refractivity contribution in [1.82, 2.24) is 19.7 Å². The van der Waals surface area contributed by atoms with E-state index in [2.05, 4.69) is 15.1 Å². The molecule has 0 aliphatic heterocycles. The fraction of sp³-hybridized carbons (Fsp3) is 0.417. The number of nitrogens with two attached hydrogens (primary N) is 1. The minimum absolute atomic E-state index is 0.125. The molecule has 0 fully saturated rings. The van der Waals surface area contributed by atoms with Gasteiger partial charge in [-0.1, -0.05) is 30.1 Å². The van der Waals surface area contributed by atoms with Crippen LogP contribution in [0.15, 0.2) is 6.20 Å². The molecule has 0 radical (unpaired) electrons. The first-order valence-electron chi connectivity index (χ1n) is 6.26. The lowest BCUT2D eigenvalue weighted by molar-refractivity contribution is 0.659. The molecule has 20 heavy (non-hydrogen) atoms. The highest BCUT2D eigenvalue weighted by atomic mass is 35.5. The van der Waals surface area contributed by atoms with Gasteiger partial charge in [-0.3, -0.25) is 4.68 Å². The highest BCUT2D eigenvalue weighted by molar-refractivity contribution is 6.33. The lowest BCUT2D eigenvalue weighted by atomic mass is 10.2. The average Bonchev–Trinajstić information content (AvgIpc) is 2.78. The molecular weight excluding hydrogens is 299 g/mol. The smallest absolute Gasteiger partial charge is 0.223 e. The number of anilines is 3. The second-order valence-electron chi connectivity index (χ2n) is 4.24. The zero-order valence-electron chi connectivity index (χ0n) is 11.6. The Balaban J connectivity index is 2.52. The summed E-state index contributed by atoms with van der Waals surface area (Å²) in [6.45, 7) is 4.70. The summed E-state index contributed by atoms with van der Waals surface area (Å²) in [6.07, 6.45) is 2.45. The van der Waals surface area contributed by atoms with Crippen LogP contribution in [0, 0.1) is 0 Å². The molecule has 0 bridgehead atoms. The summed E-state index contributed by atoms with van der Waals surface area (Å²) in [5, 5.41) is 5.31. The molecule has 0 saturated heterocycles. The SMILES string of the molecule is CCc1c(Cl)nc(N)nc1N(C)c1nn(CC)cc1Cl. The van der Waals surface area contributed by atoms with E-state index in [0.29, 0.717) is 28.2 Å². The minimum Gasteiger partial charge on any atom is -0.368 e. The van der Waals surface area contributed by atoms with Crippen molar-refractivity contribution in [3.63, 3.8) is 0 Å². The van der Waals surface area contributed by atoms with Crippen LogP contribution in [0.4, 0.5) is 17.6 Å². The van der Waals surface area contributed by atoms with Crippen LogP contribution in [0.2, 0.25) is 10.2 Å². The molecule has 2 aromatic rings. The first kappa shape index (κ1) is 14.9. The van der Waals surface area contributed by atoms with Gasteiger partial charge < -0.3 is 10.6 Å². The van der Waals surface area contributed by atoms with E-state index in [0.717, 1.165) is 12.1 Å². The first-order valence-corrected chi connectivity index (χ1v) is 7.02. The summed E-state index contributed by atoms with van der Waals surface area (Å²) in [6, 6.07) is 0. The summed E-state index contributed by atoms with van der Waals surface area (Å²) in [5.74, 6) is 1.35. The molecule has 2 N–H and O–H groups in total. The van der Waals surface area contributed by atoms with Crippen LogP contribution >= 0.6 is 23.2 Å². The molecule has 0 atom stereocenters. The third-order valence-corrected chi connectivity index (χ3v) is 3.54. The summed E-state index contributed by atoms with van der Waals surface area (Å²) in [5.41, 5.74) is 6.49. The predicted octanol–water partition coefficient (Wildman–Crippen LogP) is 2.91. The summed E-state index contributed by atoms with van der Waals surface area (Å²) in [7, 11) is 1.82. The number of rotatable bonds is 4. The second-order valence-corrected chi connectivity index (χ2v) is 5.01. The van der Waals surface area contributed by atoms with E-state index in [-0.39, 0.29) is 5.95 Å². The van der Waals surface area contributed by atoms with Crippen LogP contribution in [-0.4, -0.2) is 26.8 Å². The maximum Gasteiger partial charge on any atom is 0.223 e. The van der Waals surface area contributed by atoms with Crippen molar-refractivity contribution in [3.05, 3.63) is 21.9 Å². The number of aryl methyl sites for hydroxylation is 1. The molecule has 0 aliphatic carbocycles. The Labute approximate surface area is 127 Å². The fourth-order valence-electron chi connectivity index (χ4n) is 1.92. The monoisotopic (exact) mass is 314 g/mol. The van der Waals surface area contributed by atoms with E-state index in [1.54, 1.807) is 15.8 Å². The van der Waals surface area contributed by atoms with E-state index in [9.17, 15) is 0 Å². The molecule has 8 heteroatoms. The van der Waals surface area contributed by atoms with Gasteiger partial charge in [-0.15, -0.1) is 0 Å². The molecule has 6 nitrogen and oxygen atoms in total. The summed E-state index contributed by atoms with van der Waals surface area (Å²) >= 11 is 12.3. The average molecular weight is 315 g/mol. The van der Waals surface area contributed by atoms with Gasteiger partial charge in [0.2, 0.25) is 5.95 Å². The highest BCUT2D eigenvalue weighted by Crippen LogP contribution is 2.32. The zero-order valence-corrected chi connectivity index (χ0v) is 13.1. The van der Waals surface area contributed by atoms with Gasteiger partial charge in [0, 0.05) is 25.4 Å². The van der Waals surface area contributed by atoms with Crippen LogP contribution in [0.25, 0.3) is 0 Å². The predicted molar refractivity (Wildman–Crippen MR) is 81.8 cm³/mol. The third-order valence-electron chi connectivity index (χ3n) is 2.96. The standard InChI is InChI=1S/C12H16Cl2N6/c1-4-7-9(14)16-12(15)17-10(7)19(3)11-8(13)6-20(5-2)18-11/h6H,4-5H2,1-3H3,(H2,15,16,17). The lowest BCUT2D eigenvalue weighted by Crippen LogP contribution is -2.17. The van der Waals surface area contributed by atoms with Crippen molar-refractivity contribution in [2.24, 2.45) is 0 Å². The largest absolute Gasteiger partial charge is 0.368 e. The van der Waals surface area contributed by atoms with Crippen LogP contribution in [0.3, 0.4) is 0 Å². The third kappa shape index (κ3) is 2.66. The molecule has 0 amide bonds. The Kier molecular flexibility index (Phi) is 4.35. The van der Waals surface area contributed by atoms with Crippen LogP contribution in [0.5, 0.6) is 0 Å².